The standard InChI is InChI=1S/C30H24Cl3N3O4S/c31-24-7-11-27(12-8-24)41(38,39)36(19-22-6-13-28(32)29(33)16-22)20-26-10-9-25(40-26)17-23(18-34)30(37)35-15-14-21-4-2-1-3-5-21/h1-13,16-17H,14-15,19-20H2,(H,35,37)/b23-17-. The third kappa shape index (κ3) is 8.23. The van der Waals surface area contributed by atoms with Crippen LogP contribution in [-0.2, 0) is 34.3 Å². The summed E-state index contributed by atoms with van der Waals surface area (Å²) in [5.74, 6) is -0.00305. The van der Waals surface area contributed by atoms with E-state index in [2.05, 4.69) is 5.32 Å². The highest BCUT2D eigenvalue weighted by Gasteiger charge is 2.26. The molecule has 0 radical (unpaired) electrons. The molecule has 0 saturated heterocycles. The van der Waals surface area contributed by atoms with Gasteiger partial charge < -0.3 is 9.73 Å². The molecule has 41 heavy (non-hydrogen) atoms. The van der Waals surface area contributed by atoms with Crippen molar-refractivity contribution in [1.82, 2.24) is 9.62 Å². The first-order chi connectivity index (χ1) is 19.7. The number of hydrogen-bond acceptors (Lipinski definition) is 5. The number of halogens is 3. The zero-order valence-corrected chi connectivity index (χ0v) is 24.6. The summed E-state index contributed by atoms with van der Waals surface area (Å²) in [6, 6.07) is 25.4. The van der Waals surface area contributed by atoms with Crippen molar-refractivity contribution < 1.29 is 17.6 Å². The highest BCUT2D eigenvalue weighted by Crippen LogP contribution is 2.27. The molecule has 4 rings (SSSR count). The van der Waals surface area contributed by atoms with Crippen LogP contribution in [0.2, 0.25) is 15.1 Å². The third-order valence-electron chi connectivity index (χ3n) is 6.00. The molecule has 1 heterocycles. The van der Waals surface area contributed by atoms with Crippen LogP contribution < -0.4 is 5.32 Å². The van der Waals surface area contributed by atoms with E-state index in [1.54, 1.807) is 30.3 Å². The zero-order chi connectivity index (χ0) is 29.4. The molecule has 0 unspecified atom stereocenters. The van der Waals surface area contributed by atoms with Crippen LogP contribution in [0.4, 0.5) is 0 Å². The summed E-state index contributed by atoms with van der Waals surface area (Å²) in [5.41, 5.74) is 1.54. The number of carbonyl (C=O) groups is 1. The van der Waals surface area contributed by atoms with E-state index in [-0.39, 0.29) is 29.3 Å². The van der Waals surface area contributed by atoms with E-state index in [1.807, 2.05) is 36.4 Å². The Morgan fingerprint density at radius 3 is 2.32 bits per heavy atom. The predicted octanol–water partition coefficient (Wildman–Crippen LogP) is 6.90. The predicted molar refractivity (Wildman–Crippen MR) is 160 cm³/mol. The third-order valence-corrected chi connectivity index (χ3v) is 8.80. The average Bonchev–Trinajstić information content (AvgIpc) is 3.41. The Morgan fingerprint density at radius 2 is 1.63 bits per heavy atom. The maximum atomic E-state index is 13.6. The normalized spacial score (nSPS) is 11.8. The van der Waals surface area contributed by atoms with Crippen molar-refractivity contribution in [2.75, 3.05) is 6.54 Å². The summed E-state index contributed by atoms with van der Waals surface area (Å²) in [6.45, 7) is 0.197. The van der Waals surface area contributed by atoms with Crippen LogP contribution in [0.5, 0.6) is 0 Å². The molecule has 1 aromatic heterocycles. The molecular weight excluding hydrogens is 605 g/mol. The molecule has 1 N–H and O–H groups in total. The molecule has 3 aromatic carbocycles. The number of nitrogens with one attached hydrogen (secondary N) is 1. The van der Waals surface area contributed by atoms with Crippen LogP contribution in [0.1, 0.15) is 22.6 Å². The van der Waals surface area contributed by atoms with Gasteiger partial charge in [0.15, 0.2) is 0 Å². The summed E-state index contributed by atoms with van der Waals surface area (Å²) in [4.78, 5) is 12.6. The van der Waals surface area contributed by atoms with Crippen molar-refractivity contribution in [2.45, 2.75) is 24.4 Å². The van der Waals surface area contributed by atoms with E-state index in [9.17, 15) is 18.5 Å². The molecule has 0 saturated carbocycles. The molecule has 210 valence electrons. The minimum atomic E-state index is -4.00. The second kappa shape index (κ2) is 13.9. The number of carbonyl (C=O) groups excluding carboxylic acids is 1. The first-order valence-corrected chi connectivity index (χ1v) is 15.0. The largest absolute Gasteiger partial charge is 0.460 e. The SMILES string of the molecule is N#C/C(=C/c1ccc(CN(Cc2ccc(Cl)c(Cl)c2)S(=O)(=O)c2ccc(Cl)cc2)o1)C(=O)NCCc1ccccc1. The number of benzene rings is 3. The van der Waals surface area contributed by atoms with Gasteiger partial charge in [-0.05, 0) is 66.1 Å². The first kappa shape index (κ1) is 30.4. The molecule has 7 nitrogen and oxygen atoms in total. The topological polar surface area (TPSA) is 103 Å². The fraction of sp³-hybridized carbons (Fsp3) is 0.133. The quantitative estimate of drug-likeness (QED) is 0.144. The van der Waals surface area contributed by atoms with Crippen LogP contribution in [0.25, 0.3) is 6.08 Å². The first-order valence-electron chi connectivity index (χ1n) is 12.4. The van der Waals surface area contributed by atoms with Crippen molar-refractivity contribution in [3.63, 3.8) is 0 Å². The summed E-state index contributed by atoms with van der Waals surface area (Å²) < 4.78 is 34.2. The Balaban J connectivity index is 1.52. The fourth-order valence-electron chi connectivity index (χ4n) is 3.91. The van der Waals surface area contributed by atoms with E-state index in [0.717, 1.165) is 5.56 Å². The lowest BCUT2D eigenvalue weighted by Crippen LogP contribution is -2.30. The number of nitrogens with zero attached hydrogens (tertiary/aromatic N) is 2. The number of hydrogen-bond donors (Lipinski definition) is 1. The molecular formula is C30H24Cl3N3O4S. The second-order valence-corrected chi connectivity index (χ2v) is 12.1. The summed E-state index contributed by atoms with van der Waals surface area (Å²) >= 11 is 18.2. The van der Waals surface area contributed by atoms with E-state index in [1.165, 1.54) is 34.6 Å². The lowest BCUT2D eigenvalue weighted by Gasteiger charge is -2.22. The highest BCUT2D eigenvalue weighted by atomic mass is 35.5. The minimum Gasteiger partial charge on any atom is -0.460 e. The summed E-state index contributed by atoms with van der Waals surface area (Å²) in [5, 5.41) is 13.3. The van der Waals surface area contributed by atoms with Crippen molar-refractivity contribution in [3.8, 4) is 6.07 Å². The number of amides is 1. The Hall–Kier alpha value is -3.58. The van der Waals surface area contributed by atoms with Gasteiger partial charge >= 0.3 is 0 Å². The maximum absolute atomic E-state index is 13.6. The maximum Gasteiger partial charge on any atom is 0.262 e. The van der Waals surface area contributed by atoms with E-state index in [4.69, 9.17) is 39.2 Å². The molecule has 0 bridgehead atoms. The van der Waals surface area contributed by atoms with Gasteiger partial charge in [-0.2, -0.15) is 9.57 Å². The molecule has 0 atom stereocenters. The van der Waals surface area contributed by atoms with E-state index < -0.39 is 15.9 Å². The van der Waals surface area contributed by atoms with Crippen molar-refractivity contribution >= 4 is 56.8 Å². The number of furan rings is 1. The smallest absolute Gasteiger partial charge is 0.262 e. The molecule has 0 aliphatic heterocycles. The van der Waals surface area contributed by atoms with Gasteiger partial charge in [0.05, 0.1) is 21.5 Å². The number of sulfonamides is 1. The Labute approximate surface area is 253 Å². The zero-order valence-electron chi connectivity index (χ0n) is 21.6. The van der Waals surface area contributed by atoms with Gasteiger partial charge in [0.2, 0.25) is 10.0 Å². The van der Waals surface area contributed by atoms with Crippen molar-refractivity contribution in [2.24, 2.45) is 0 Å². The highest BCUT2D eigenvalue weighted by molar-refractivity contribution is 7.89. The summed E-state index contributed by atoms with van der Waals surface area (Å²) in [7, 11) is -4.00. The van der Waals surface area contributed by atoms with Gasteiger partial charge in [-0.25, -0.2) is 8.42 Å². The fourth-order valence-corrected chi connectivity index (χ4v) is 5.75. The van der Waals surface area contributed by atoms with Crippen molar-refractivity contribution in [1.29, 1.82) is 5.26 Å². The van der Waals surface area contributed by atoms with Crippen LogP contribution in [-0.4, -0.2) is 25.2 Å². The lowest BCUT2D eigenvalue weighted by atomic mass is 10.1. The van der Waals surface area contributed by atoms with E-state index in [0.29, 0.717) is 39.4 Å². The number of nitriles is 1. The molecule has 0 aliphatic rings. The van der Waals surface area contributed by atoms with Crippen molar-refractivity contribution in [3.05, 3.63) is 128 Å². The Bertz CT molecular complexity index is 1700. The van der Waals surface area contributed by atoms with Crippen LogP contribution in [0.15, 0.2) is 99.8 Å². The van der Waals surface area contributed by atoms with Crippen LogP contribution >= 0.6 is 34.8 Å². The molecule has 0 fully saturated rings. The van der Waals surface area contributed by atoms with Gasteiger partial charge in [-0.15, -0.1) is 0 Å². The summed E-state index contributed by atoms with van der Waals surface area (Å²) in [6.07, 6.45) is 1.94. The second-order valence-electron chi connectivity index (χ2n) is 8.94. The van der Waals surface area contributed by atoms with Crippen LogP contribution in [0, 0.1) is 11.3 Å². The molecule has 0 spiro atoms. The molecule has 1 amide bonds. The van der Waals surface area contributed by atoms with Gasteiger partial charge in [0.25, 0.3) is 5.91 Å². The number of rotatable bonds is 11. The van der Waals surface area contributed by atoms with Gasteiger partial charge in [0.1, 0.15) is 23.2 Å². The molecule has 0 aliphatic carbocycles. The average molecular weight is 629 g/mol. The van der Waals surface area contributed by atoms with Crippen LogP contribution in [0.3, 0.4) is 0 Å². The Kier molecular flexibility index (Phi) is 10.3. The van der Waals surface area contributed by atoms with Gasteiger partial charge in [-0.1, -0.05) is 71.2 Å². The molecule has 11 heteroatoms. The monoisotopic (exact) mass is 627 g/mol. The van der Waals surface area contributed by atoms with E-state index >= 15 is 0 Å². The molecule has 4 aromatic rings. The van der Waals surface area contributed by atoms with Gasteiger partial charge in [-0.3, -0.25) is 4.79 Å². The lowest BCUT2D eigenvalue weighted by molar-refractivity contribution is -0.117. The minimum absolute atomic E-state index is 0.0268. The van der Waals surface area contributed by atoms with Gasteiger partial charge in [0, 0.05) is 24.2 Å². The Morgan fingerprint density at radius 1 is 0.902 bits per heavy atom.